The molecule has 3 aromatic rings. The third-order valence-corrected chi connectivity index (χ3v) is 5.21. The highest BCUT2D eigenvalue weighted by molar-refractivity contribution is 7.92. The Balaban J connectivity index is 1.80. The fraction of sp³-hybridized carbons (Fsp3) is 0. The van der Waals surface area contributed by atoms with Gasteiger partial charge in [-0.2, -0.15) is 0 Å². The summed E-state index contributed by atoms with van der Waals surface area (Å²) in [4.78, 5) is 21.9. The van der Waals surface area contributed by atoms with E-state index in [0.29, 0.717) is 0 Å². The molecule has 0 unspecified atom stereocenters. The average Bonchev–Trinajstić information content (AvgIpc) is 3.14. The second-order valence-corrected chi connectivity index (χ2v) is 7.55. The number of carbonyl (C=O) groups excluding carboxylic acids is 1. The summed E-state index contributed by atoms with van der Waals surface area (Å²) in [6.07, 6.45) is 0. The van der Waals surface area contributed by atoms with Gasteiger partial charge in [-0.1, -0.05) is 29.8 Å². The molecule has 1 amide bonds. The van der Waals surface area contributed by atoms with Crippen LogP contribution in [0.3, 0.4) is 0 Å². The van der Waals surface area contributed by atoms with Crippen molar-refractivity contribution in [3.05, 3.63) is 81.6 Å². The first-order valence-corrected chi connectivity index (χ1v) is 9.55. The number of para-hydroxylation sites is 1. The summed E-state index contributed by atoms with van der Waals surface area (Å²) < 4.78 is 32.3. The first-order valence-electron chi connectivity index (χ1n) is 7.69. The summed E-state index contributed by atoms with van der Waals surface area (Å²) in [6.45, 7) is 0. The number of nitrogens with zero attached hydrogens (tertiary/aromatic N) is 1. The van der Waals surface area contributed by atoms with Crippen LogP contribution in [-0.4, -0.2) is 19.2 Å². The van der Waals surface area contributed by atoms with Crippen LogP contribution in [0.15, 0.2) is 70.0 Å². The molecule has 0 aliphatic heterocycles. The predicted octanol–water partition coefficient (Wildman–Crippen LogP) is 3.89. The maximum atomic E-state index is 12.6. The van der Waals surface area contributed by atoms with E-state index in [1.807, 2.05) is 0 Å². The van der Waals surface area contributed by atoms with E-state index < -0.39 is 26.7 Å². The zero-order chi connectivity index (χ0) is 20.3. The van der Waals surface area contributed by atoms with Gasteiger partial charge < -0.3 is 9.73 Å². The molecule has 144 valence electrons. The monoisotopic (exact) mass is 421 g/mol. The number of nitrogens with one attached hydrogen (secondary N) is 2. The van der Waals surface area contributed by atoms with Crippen LogP contribution in [0.1, 0.15) is 10.6 Å². The van der Waals surface area contributed by atoms with E-state index >= 15 is 0 Å². The van der Waals surface area contributed by atoms with Gasteiger partial charge in [-0.15, -0.1) is 0 Å². The fourth-order valence-electron chi connectivity index (χ4n) is 2.23. The highest BCUT2D eigenvalue weighted by Crippen LogP contribution is 2.25. The Morgan fingerprint density at radius 1 is 1.07 bits per heavy atom. The second kappa shape index (κ2) is 7.71. The third kappa shape index (κ3) is 4.30. The molecule has 11 heteroatoms. The quantitative estimate of drug-likeness (QED) is 0.458. The summed E-state index contributed by atoms with van der Waals surface area (Å²) in [5.74, 6) is -1.62. The minimum absolute atomic E-state index is 0.115. The molecule has 0 spiro atoms. The molecular formula is C17H12ClN3O6S. The van der Waals surface area contributed by atoms with Crippen molar-refractivity contribution in [3.8, 4) is 0 Å². The molecule has 0 saturated carbocycles. The third-order valence-electron chi connectivity index (χ3n) is 3.52. The normalized spacial score (nSPS) is 11.0. The minimum Gasteiger partial charge on any atom is -0.395 e. The lowest BCUT2D eigenvalue weighted by molar-refractivity contribution is -0.402. The molecular weight excluding hydrogens is 410 g/mol. The molecule has 0 saturated heterocycles. The van der Waals surface area contributed by atoms with Gasteiger partial charge in [0, 0.05) is 5.69 Å². The molecule has 0 bridgehead atoms. The van der Waals surface area contributed by atoms with Crippen molar-refractivity contribution in [2.45, 2.75) is 4.90 Å². The van der Waals surface area contributed by atoms with E-state index in [2.05, 4.69) is 10.0 Å². The van der Waals surface area contributed by atoms with E-state index in [1.54, 1.807) is 18.2 Å². The summed E-state index contributed by atoms with van der Waals surface area (Å²) in [7, 11) is -3.96. The van der Waals surface area contributed by atoms with Crippen LogP contribution in [0.4, 0.5) is 17.3 Å². The van der Waals surface area contributed by atoms with E-state index in [0.717, 1.165) is 12.1 Å². The number of hydrogen-bond donors (Lipinski definition) is 2. The molecule has 0 radical (unpaired) electrons. The molecule has 0 fully saturated rings. The lowest BCUT2D eigenvalue weighted by Crippen LogP contribution is -2.15. The lowest BCUT2D eigenvalue weighted by Gasteiger charge is -2.11. The SMILES string of the molecule is O=C(Nc1cccc(S(=O)(=O)Nc2ccccc2Cl)c1)c1ccc([N+](=O)[O-])o1. The molecule has 0 atom stereocenters. The number of rotatable bonds is 6. The van der Waals surface area contributed by atoms with E-state index in [4.69, 9.17) is 16.0 Å². The van der Waals surface area contributed by atoms with Crippen LogP contribution < -0.4 is 10.0 Å². The van der Waals surface area contributed by atoms with Crippen molar-refractivity contribution in [2.24, 2.45) is 0 Å². The lowest BCUT2D eigenvalue weighted by atomic mass is 10.3. The first kappa shape index (κ1) is 19.4. The molecule has 2 aromatic carbocycles. The van der Waals surface area contributed by atoms with E-state index in [9.17, 15) is 23.3 Å². The molecule has 1 aromatic heterocycles. The van der Waals surface area contributed by atoms with Crippen LogP contribution in [0, 0.1) is 10.1 Å². The Morgan fingerprint density at radius 3 is 2.50 bits per heavy atom. The van der Waals surface area contributed by atoms with Crippen molar-refractivity contribution in [3.63, 3.8) is 0 Å². The number of halogens is 1. The van der Waals surface area contributed by atoms with Crippen molar-refractivity contribution in [1.29, 1.82) is 0 Å². The Bertz CT molecular complexity index is 1160. The summed E-state index contributed by atoms with van der Waals surface area (Å²) >= 11 is 5.97. The van der Waals surface area contributed by atoms with E-state index in [-0.39, 0.29) is 27.1 Å². The number of furan rings is 1. The maximum absolute atomic E-state index is 12.6. The maximum Gasteiger partial charge on any atom is 0.433 e. The molecule has 2 N–H and O–H groups in total. The first-order chi connectivity index (χ1) is 13.3. The van der Waals surface area contributed by atoms with Crippen molar-refractivity contribution in [2.75, 3.05) is 10.0 Å². The van der Waals surface area contributed by atoms with Crippen molar-refractivity contribution in [1.82, 2.24) is 0 Å². The second-order valence-electron chi connectivity index (χ2n) is 5.46. The standard InChI is InChI=1S/C17H12ClN3O6S/c18-13-6-1-2-7-14(13)20-28(25,26)12-5-3-4-11(10-12)19-17(22)15-8-9-16(27-15)21(23)24/h1-10,20H,(H,19,22). The molecule has 1 heterocycles. The average molecular weight is 422 g/mol. The van der Waals surface area contributed by atoms with Crippen LogP contribution in [0.5, 0.6) is 0 Å². The zero-order valence-corrected chi connectivity index (χ0v) is 15.5. The predicted molar refractivity (Wildman–Crippen MR) is 102 cm³/mol. The van der Waals surface area contributed by atoms with Crippen LogP contribution >= 0.6 is 11.6 Å². The number of nitro groups is 1. The topological polar surface area (TPSA) is 132 Å². The zero-order valence-electron chi connectivity index (χ0n) is 14.0. The summed E-state index contributed by atoms with van der Waals surface area (Å²) in [6, 6.07) is 14.0. The number of hydrogen-bond acceptors (Lipinski definition) is 6. The largest absolute Gasteiger partial charge is 0.433 e. The Labute approximate surface area is 164 Å². The number of amides is 1. The number of carbonyl (C=O) groups is 1. The van der Waals surface area contributed by atoms with Crippen LogP contribution in [0.2, 0.25) is 5.02 Å². The van der Waals surface area contributed by atoms with Gasteiger partial charge in [0.25, 0.3) is 15.9 Å². The number of sulfonamides is 1. The van der Waals surface area contributed by atoms with Crippen molar-refractivity contribution < 1.29 is 22.6 Å². The van der Waals surface area contributed by atoms with Crippen molar-refractivity contribution >= 4 is 44.8 Å². The molecule has 3 rings (SSSR count). The highest BCUT2D eigenvalue weighted by Gasteiger charge is 2.19. The van der Waals surface area contributed by atoms with Gasteiger partial charge >= 0.3 is 5.88 Å². The smallest absolute Gasteiger partial charge is 0.395 e. The summed E-state index contributed by atoms with van der Waals surface area (Å²) in [5.41, 5.74) is 0.368. The summed E-state index contributed by atoms with van der Waals surface area (Å²) in [5, 5.41) is 13.3. The van der Waals surface area contributed by atoms with Gasteiger partial charge in [-0.3, -0.25) is 19.6 Å². The van der Waals surface area contributed by atoms with Gasteiger partial charge in [0.2, 0.25) is 0 Å². The van der Waals surface area contributed by atoms with Gasteiger partial charge in [-0.25, -0.2) is 8.42 Å². The number of benzene rings is 2. The van der Waals surface area contributed by atoms with Gasteiger partial charge in [0.05, 0.1) is 21.7 Å². The Hall–Kier alpha value is -3.37. The molecule has 28 heavy (non-hydrogen) atoms. The Kier molecular flexibility index (Phi) is 5.34. The van der Waals surface area contributed by atoms with Gasteiger partial charge in [0.15, 0.2) is 5.76 Å². The number of anilines is 2. The van der Waals surface area contributed by atoms with Crippen LogP contribution in [-0.2, 0) is 10.0 Å². The fourth-order valence-corrected chi connectivity index (χ4v) is 3.59. The van der Waals surface area contributed by atoms with Gasteiger partial charge in [-0.05, 0) is 36.4 Å². The molecule has 9 nitrogen and oxygen atoms in total. The van der Waals surface area contributed by atoms with Gasteiger partial charge in [0.1, 0.15) is 4.92 Å². The minimum atomic E-state index is -3.96. The highest BCUT2D eigenvalue weighted by atomic mass is 35.5. The van der Waals surface area contributed by atoms with Crippen LogP contribution in [0.25, 0.3) is 0 Å². The van der Waals surface area contributed by atoms with E-state index in [1.165, 1.54) is 30.3 Å². The molecule has 0 aliphatic rings. The molecule has 0 aliphatic carbocycles. The Morgan fingerprint density at radius 2 is 1.82 bits per heavy atom.